The van der Waals surface area contributed by atoms with Gasteiger partial charge < -0.3 is 19.7 Å². The minimum Gasteiger partial charge on any atom is -0.404 e. The fourth-order valence-corrected chi connectivity index (χ4v) is 5.00. The zero-order valence-electron chi connectivity index (χ0n) is 22.4. The average Bonchev–Trinajstić information content (AvgIpc) is 3.68. The van der Waals surface area contributed by atoms with E-state index in [0.29, 0.717) is 57.2 Å². The number of nitrogens with zero attached hydrogens (tertiary/aromatic N) is 4. The van der Waals surface area contributed by atoms with Gasteiger partial charge in [-0.15, -0.1) is 13.2 Å². The summed E-state index contributed by atoms with van der Waals surface area (Å²) in [5.74, 6) is -0.655. The van der Waals surface area contributed by atoms with Crippen LogP contribution in [0.5, 0.6) is 5.75 Å². The van der Waals surface area contributed by atoms with Crippen LogP contribution in [-0.2, 0) is 14.3 Å². The summed E-state index contributed by atoms with van der Waals surface area (Å²) in [5.41, 5.74) is 1.91. The van der Waals surface area contributed by atoms with Crippen molar-refractivity contribution in [3.63, 3.8) is 0 Å². The van der Waals surface area contributed by atoms with Gasteiger partial charge in [-0.05, 0) is 62.2 Å². The molecule has 0 unspecified atom stereocenters. The molecular weight excluding hydrogens is 527 g/mol. The summed E-state index contributed by atoms with van der Waals surface area (Å²) in [6.07, 6.45) is -1.92. The highest BCUT2D eigenvalue weighted by atomic mass is 19.4. The first-order chi connectivity index (χ1) is 19.1. The van der Waals surface area contributed by atoms with Crippen LogP contribution in [0, 0.1) is 6.92 Å². The Bertz CT molecular complexity index is 1290. The van der Waals surface area contributed by atoms with Crippen LogP contribution in [0.15, 0.2) is 41.4 Å². The molecule has 5 rings (SSSR count). The van der Waals surface area contributed by atoms with Crippen LogP contribution in [0.25, 0.3) is 0 Å². The number of piperazine rings is 1. The molecule has 0 atom stereocenters. The highest BCUT2D eigenvalue weighted by Gasteiger charge is 2.55. The molecule has 2 aromatic carbocycles. The van der Waals surface area contributed by atoms with E-state index in [1.165, 1.54) is 18.5 Å². The van der Waals surface area contributed by atoms with Crippen LogP contribution in [0.4, 0.5) is 30.2 Å². The first kappa shape index (κ1) is 28.1. The SMILES string of the molecule is Cc1ccc(C2COC2)cc1N=CN(C=O)c1ccc(OC(F)(F)F)c(NC(=O)C2(N3CCN(C)CC3)CC2)c1. The van der Waals surface area contributed by atoms with E-state index in [0.717, 1.165) is 35.2 Å². The first-order valence-electron chi connectivity index (χ1n) is 13.2. The lowest BCUT2D eigenvalue weighted by atomic mass is 9.96. The minimum absolute atomic E-state index is 0.177. The topological polar surface area (TPSA) is 86.7 Å². The zero-order chi connectivity index (χ0) is 28.5. The molecule has 2 heterocycles. The number of halogens is 3. The summed E-state index contributed by atoms with van der Waals surface area (Å²) in [6.45, 7) is 6.17. The summed E-state index contributed by atoms with van der Waals surface area (Å²) in [4.78, 5) is 35.2. The summed E-state index contributed by atoms with van der Waals surface area (Å²) in [5, 5.41) is 2.66. The lowest BCUT2D eigenvalue weighted by Gasteiger charge is -2.37. The third kappa shape index (κ3) is 6.13. The lowest BCUT2D eigenvalue weighted by Crippen LogP contribution is -2.54. The van der Waals surface area contributed by atoms with Crippen molar-refractivity contribution in [2.24, 2.45) is 4.99 Å². The van der Waals surface area contributed by atoms with Crippen LogP contribution in [0.3, 0.4) is 0 Å². The quantitative estimate of drug-likeness (QED) is 0.284. The Morgan fingerprint density at radius 3 is 2.48 bits per heavy atom. The van der Waals surface area contributed by atoms with Gasteiger partial charge in [0.05, 0.1) is 30.3 Å². The number of carbonyl (C=O) groups excluding carboxylic acids is 2. The number of nitrogens with one attached hydrogen (secondary N) is 1. The van der Waals surface area contributed by atoms with E-state index >= 15 is 0 Å². The van der Waals surface area contributed by atoms with Gasteiger partial charge in [0, 0.05) is 32.1 Å². The number of anilines is 2. The Labute approximate surface area is 230 Å². The van der Waals surface area contributed by atoms with Crippen molar-refractivity contribution in [2.45, 2.75) is 37.6 Å². The molecule has 2 aromatic rings. The molecule has 1 N–H and O–H groups in total. The molecule has 3 fully saturated rings. The third-order valence-corrected chi connectivity index (χ3v) is 7.77. The molecule has 9 nitrogen and oxygen atoms in total. The van der Waals surface area contributed by atoms with E-state index in [2.05, 4.69) is 24.8 Å². The van der Waals surface area contributed by atoms with Gasteiger partial charge in [-0.1, -0.05) is 12.1 Å². The molecule has 1 saturated carbocycles. The van der Waals surface area contributed by atoms with Crippen LogP contribution >= 0.6 is 0 Å². The largest absolute Gasteiger partial charge is 0.573 e. The Kier molecular flexibility index (Phi) is 7.85. The molecule has 0 bridgehead atoms. The standard InChI is InChI=1S/C28H32F3N5O4/c1-19-3-4-20(21-15-39-16-21)13-23(19)32-17-35(18-37)22-5-6-25(40-28(29,30)31)24(14-22)33-26(38)27(7-8-27)36-11-9-34(2)10-12-36/h3-6,13-14,17-18,21H,7-12,15-16H2,1-2H3,(H,33,38). The molecule has 214 valence electrons. The lowest BCUT2D eigenvalue weighted by molar-refractivity contribution is -0.274. The number of amides is 2. The van der Waals surface area contributed by atoms with E-state index < -0.39 is 17.7 Å². The number of ether oxygens (including phenoxy) is 2. The fraction of sp³-hybridized carbons (Fsp3) is 0.464. The summed E-state index contributed by atoms with van der Waals surface area (Å²) < 4.78 is 49.0. The van der Waals surface area contributed by atoms with Crippen LogP contribution < -0.4 is 15.0 Å². The fourth-order valence-electron chi connectivity index (χ4n) is 5.00. The molecule has 3 aliphatic rings. The molecule has 2 saturated heterocycles. The van der Waals surface area contributed by atoms with Crippen molar-refractivity contribution in [3.8, 4) is 5.75 Å². The maximum absolute atomic E-state index is 13.4. The van der Waals surface area contributed by atoms with Crippen LogP contribution in [0.1, 0.15) is 29.9 Å². The minimum atomic E-state index is -4.96. The highest BCUT2D eigenvalue weighted by Crippen LogP contribution is 2.44. The number of aliphatic imine (C=N–C) groups is 1. The van der Waals surface area contributed by atoms with Gasteiger partial charge in [0.25, 0.3) is 0 Å². The molecule has 0 spiro atoms. The second-order valence-corrected chi connectivity index (χ2v) is 10.5. The molecule has 2 aliphatic heterocycles. The van der Waals surface area contributed by atoms with E-state index in [4.69, 9.17) is 4.74 Å². The third-order valence-electron chi connectivity index (χ3n) is 7.77. The summed E-state index contributed by atoms with van der Waals surface area (Å²) in [6, 6.07) is 9.56. The van der Waals surface area contributed by atoms with Crippen LogP contribution in [0.2, 0.25) is 0 Å². The number of hydrogen-bond donors (Lipinski definition) is 1. The predicted octanol–water partition coefficient (Wildman–Crippen LogP) is 4.05. The van der Waals surface area contributed by atoms with Gasteiger partial charge in [0.15, 0.2) is 5.75 Å². The van der Waals surface area contributed by atoms with Gasteiger partial charge in [0.2, 0.25) is 12.3 Å². The van der Waals surface area contributed by atoms with E-state index in [-0.39, 0.29) is 17.3 Å². The van der Waals surface area contributed by atoms with Gasteiger partial charge in [0.1, 0.15) is 11.9 Å². The number of carbonyl (C=O) groups is 2. The number of hydrogen-bond acceptors (Lipinski definition) is 7. The van der Waals surface area contributed by atoms with Crippen molar-refractivity contribution in [2.75, 3.05) is 56.7 Å². The van der Waals surface area contributed by atoms with Crippen molar-refractivity contribution >= 4 is 35.7 Å². The van der Waals surface area contributed by atoms with Crippen LogP contribution in [-0.4, -0.2) is 86.8 Å². The van der Waals surface area contributed by atoms with Crippen molar-refractivity contribution in [1.82, 2.24) is 9.80 Å². The Morgan fingerprint density at radius 1 is 1.15 bits per heavy atom. The molecule has 40 heavy (non-hydrogen) atoms. The van der Waals surface area contributed by atoms with Crippen molar-refractivity contribution < 1.29 is 32.2 Å². The maximum Gasteiger partial charge on any atom is 0.573 e. The maximum atomic E-state index is 13.4. The Balaban J connectivity index is 1.39. The monoisotopic (exact) mass is 559 g/mol. The van der Waals surface area contributed by atoms with Gasteiger partial charge in [-0.2, -0.15) is 0 Å². The number of rotatable bonds is 9. The molecule has 0 aromatic heterocycles. The number of alkyl halides is 3. The number of aryl methyl sites for hydroxylation is 1. The van der Waals surface area contributed by atoms with E-state index in [1.807, 2.05) is 32.2 Å². The smallest absolute Gasteiger partial charge is 0.404 e. The highest BCUT2D eigenvalue weighted by molar-refractivity contribution is 6.03. The Hall–Kier alpha value is -3.48. The predicted molar refractivity (Wildman–Crippen MR) is 144 cm³/mol. The van der Waals surface area contributed by atoms with Crippen molar-refractivity contribution in [1.29, 1.82) is 0 Å². The molecule has 0 radical (unpaired) electrons. The summed E-state index contributed by atoms with van der Waals surface area (Å²) in [7, 11) is 2.01. The van der Waals surface area contributed by atoms with Gasteiger partial charge >= 0.3 is 6.36 Å². The second-order valence-electron chi connectivity index (χ2n) is 10.5. The number of likely N-dealkylation sites (N-methyl/N-ethyl adjacent to an activating group) is 1. The summed E-state index contributed by atoms with van der Waals surface area (Å²) >= 11 is 0. The molecule has 12 heteroatoms. The van der Waals surface area contributed by atoms with Crippen molar-refractivity contribution in [3.05, 3.63) is 47.5 Å². The molecule has 2 amide bonds. The first-order valence-corrected chi connectivity index (χ1v) is 13.2. The normalized spacial score (nSPS) is 19.7. The van der Waals surface area contributed by atoms with Gasteiger partial charge in [-0.3, -0.25) is 19.4 Å². The molecule has 1 aliphatic carbocycles. The van der Waals surface area contributed by atoms with E-state index in [9.17, 15) is 22.8 Å². The Morgan fingerprint density at radius 2 is 1.88 bits per heavy atom. The van der Waals surface area contributed by atoms with Gasteiger partial charge in [-0.25, -0.2) is 4.99 Å². The zero-order valence-corrected chi connectivity index (χ0v) is 22.4. The average molecular weight is 560 g/mol. The number of benzene rings is 2. The van der Waals surface area contributed by atoms with E-state index in [1.54, 1.807) is 0 Å². The molecular formula is C28H32F3N5O4. The second kappa shape index (κ2) is 11.2.